The monoisotopic (exact) mass is 232 g/mol. The molecule has 0 rings (SSSR count). The van der Waals surface area contributed by atoms with Crippen molar-refractivity contribution in [2.45, 2.75) is 33.2 Å². The Morgan fingerprint density at radius 1 is 1.27 bits per heavy atom. The molecule has 0 spiro atoms. The molecule has 0 aliphatic rings. The maximum atomic E-state index is 3.48. The van der Waals surface area contributed by atoms with E-state index >= 15 is 0 Å². The molecule has 3 heteroatoms. The molecule has 15 heavy (non-hydrogen) atoms. The fraction of sp³-hybridized carbons (Fsp3) is 1.00. The van der Waals surface area contributed by atoms with Gasteiger partial charge in [-0.3, -0.25) is 0 Å². The topological polar surface area (TPSA) is 15.3 Å². The molecule has 0 aromatic heterocycles. The van der Waals surface area contributed by atoms with Crippen LogP contribution < -0.4 is 5.32 Å². The van der Waals surface area contributed by atoms with Crippen molar-refractivity contribution in [3.63, 3.8) is 0 Å². The third-order valence-electron chi connectivity index (χ3n) is 2.58. The average Bonchev–Trinajstić information content (AvgIpc) is 2.16. The van der Waals surface area contributed by atoms with Crippen molar-refractivity contribution < 1.29 is 0 Å². The van der Waals surface area contributed by atoms with E-state index in [-0.39, 0.29) is 0 Å². The van der Waals surface area contributed by atoms with Gasteiger partial charge in [-0.1, -0.05) is 13.8 Å². The number of nitrogens with zero attached hydrogens (tertiary/aromatic N) is 1. The zero-order valence-corrected chi connectivity index (χ0v) is 11.9. The van der Waals surface area contributed by atoms with Crippen LogP contribution in [0.5, 0.6) is 0 Å². The van der Waals surface area contributed by atoms with Gasteiger partial charge in [-0.05, 0) is 52.2 Å². The Hall–Kier alpha value is 0.270. The third-order valence-corrected chi connectivity index (χ3v) is 3.39. The summed E-state index contributed by atoms with van der Waals surface area (Å²) in [5.41, 5.74) is 0. The van der Waals surface area contributed by atoms with Gasteiger partial charge in [-0.25, -0.2) is 0 Å². The summed E-state index contributed by atoms with van der Waals surface area (Å²) in [7, 11) is 2.23. The minimum atomic E-state index is 0.699. The van der Waals surface area contributed by atoms with Crippen LogP contribution in [0.4, 0.5) is 0 Å². The van der Waals surface area contributed by atoms with Gasteiger partial charge < -0.3 is 10.2 Å². The fourth-order valence-electron chi connectivity index (χ4n) is 1.43. The lowest BCUT2D eigenvalue weighted by Gasteiger charge is -2.24. The van der Waals surface area contributed by atoms with Crippen LogP contribution in [0.25, 0.3) is 0 Å². The quantitative estimate of drug-likeness (QED) is 0.614. The summed E-state index contributed by atoms with van der Waals surface area (Å²) in [5, 5.41) is 3.48. The molecule has 92 valence electrons. The van der Waals surface area contributed by atoms with Gasteiger partial charge in [0.25, 0.3) is 0 Å². The Morgan fingerprint density at radius 2 is 1.93 bits per heavy atom. The van der Waals surface area contributed by atoms with Crippen molar-refractivity contribution in [3.05, 3.63) is 0 Å². The lowest BCUT2D eigenvalue weighted by Crippen LogP contribution is -2.33. The lowest BCUT2D eigenvalue weighted by molar-refractivity contribution is 0.272. The average molecular weight is 232 g/mol. The van der Waals surface area contributed by atoms with E-state index in [0.29, 0.717) is 6.04 Å². The third kappa shape index (κ3) is 9.21. The minimum absolute atomic E-state index is 0.699. The van der Waals surface area contributed by atoms with Crippen LogP contribution in [0, 0.1) is 5.92 Å². The zero-order chi connectivity index (χ0) is 11.7. The van der Waals surface area contributed by atoms with Gasteiger partial charge in [0.2, 0.25) is 0 Å². The summed E-state index contributed by atoms with van der Waals surface area (Å²) in [6.07, 6.45) is 3.43. The normalized spacial score (nSPS) is 13.8. The SMILES string of the molecule is CSCC(C)N(C)CCCNCC(C)C. The van der Waals surface area contributed by atoms with Gasteiger partial charge in [-0.2, -0.15) is 11.8 Å². The van der Waals surface area contributed by atoms with E-state index in [4.69, 9.17) is 0 Å². The first-order valence-corrected chi connectivity index (χ1v) is 7.37. The number of hydrogen-bond donors (Lipinski definition) is 1. The summed E-state index contributed by atoms with van der Waals surface area (Å²) in [5.74, 6) is 1.99. The summed E-state index contributed by atoms with van der Waals surface area (Å²) in [6.45, 7) is 10.3. The van der Waals surface area contributed by atoms with Gasteiger partial charge in [0.15, 0.2) is 0 Å². The van der Waals surface area contributed by atoms with Gasteiger partial charge >= 0.3 is 0 Å². The molecule has 1 unspecified atom stereocenters. The molecule has 0 saturated heterocycles. The van der Waals surface area contributed by atoms with E-state index in [1.165, 1.54) is 18.7 Å². The highest BCUT2D eigenvalue weighted by Gasteiger charge is 2.06. The smallest absolute Gasteiger partial charge is 0.0154 e. The van der Waals surface area contributed by atoms with E-state index in [0.717, 1.165) is 19.0 Å². The summed E-state index contributed by atoms with van der Waals surface area (Å²) in [4.78, 5) is 2.45. The molecule has 1 N–H and O–H groups in total. The first-order chi connectivity index (χ1) is 7.07. The summed E-state index contributed by atoms with van der Waals surface area (Å²) < 4.78 is 0. The molecule has 0 aliphatic heterocycles. The van der Waals surface area contributed by atoms with Crippen LogP contribution in [-0.4, -0.2) is 49.6 Å². The molecule has 0 fully saturated rings. The summed E-state index contributed by atoms with van der Waals surface area (Å²) in [6, 6.07) is 0.699. The van der Waals surface area contributed by atoms with Crippen molar-refractivity contribution >= 4 is 11.8 Å². The van der Waals surface area contributed by atoms with Crippen LogP contribution in [0.2, 0.25) is 0 Å². The van der Waals surface area contributed by atoms with Crippen molar-refractivity contribution in [1.82, 2.24) is 10.2 Å². The Balaban J connectivity index is 3.34. The molecule has 0 saturated carbocycles. The van der Waals surface area contributed by atoms with Crippen molar-refractivity contribution in [2.75, 3.05) is 38.7 Å². The Bertz CT molecular complexity index is 140. The first-order valence-electron chi connectivity index (χ1n) is 5.97. The second-order valence-electron chi connectivity index (χ2n) is 4.74. The van der Waals surface area contributed by atoms with Crippen molar-refractivity contribution in [3.8, 4) is 0 Å². The van der Waals surface area contributed by atoms with E-state index in [2.05, 4.69) is 44.3 Å². The van der Waals surface area contributed by atoms with Crippen LogP contribution in [0.1, 0.15) is 27.2 Å². The molecule has 0 radical (unpaired) electrons. The molecule has 0 aromatic rings. The molecule has 0 bridgehead atoms. The fourth-order valence-corrected chi connectivity index (χ4v) is 2.17. The van der Waals surface area contributed by atoms with Gasteiger partial charge in [0, 0.05) is 11.8 Å². The van der Waals surface area contributed by atoms with Gasteiger partial charge in [-0.15, -0.1) is 0 Å². The Labute approximate surface area is 100 Å². The zero-order valence-electron chi connectivity index (χ0n) is 11.0. The molecule has 1 atom stereocenters. The minimum Gasteiger partial charge on any atom is -0.316 e. The molecule has 0 heterocycles. The largest absolute Gasteiger partial charge is 0.316 e. The highest BCUT2D eigenvalue weighted by molar-refractivity contribution is 7.98. The molecule has 0 aliphatic carbocycles. The van der Waals surface area contributed by atoms with Crippen LogP contribution >= 0.6 is 11.8 Å². The number of hydrogen-bond acceptors (Lipinski definition) is 3. The van der Waals surface area contributed by atoms with Crippen LogP contribution in [0.3, 0.4) is 0 Å². The summed E-state index contributed by atoms with van der Waals surface area (Å²) >= 11 is 1.93. The maximum absolute atomic E-state index is 3.48. The Kier molecular flexibility index (Phi) is 9.66. The van der Waals surface area contributed by atoms with E-state index in [1.54, 1.807) is 0 Å². The Morgan fingerprint density at radius 3 is 2.47 bits per heavy atom. The maximum Gasteiger partial charge on any atom is 0.0154 e. The van der Waals surface area contributed by atoms with Crippen molar-refractivity contribution in [1.29, 1.82) is 0 Å². The molecular formula is C12H28N2S. The molecule has 0 aromatic carbocycles. The van der Waals surface area contributed by atoms with Crippen molar-refractivity contribution in [2.24, 2.45) is 5.92 Å². The van der Waals surface area contributed by atoms with Crippen LogP contribution in [-0.2, 0) is 0 Å². The molecular weight excluding hydrogens is 204 g/mol. The molecule has 0 amide bonds. The van der Waals surface area contributed by atoms with E-state index < -0.39 is 0 Å². The standard InChI is InChI=1S/C12H28N2S/c1-11(2)9-13-7-6-8-14(4)12(3)10-15-5/h11-13H,6-10H2,1-5H3. The highest BCUT2D eigenvalue weighted by Crippen LogP contribution is 2.03. The number of thioether (sulfide) groups is 1. The lowest BCUT2D eigenvalue weighted by atomic mass is 10.2. The second-order valence-corrected chi connectivity index (χ2v) is 5.65. The second kappa shape index (κ2) is 9.49. The van der Waals surface area contributed by atoms with Gasteiger partial charge in [0.05, 0.1) is 0 Å². The predicted octanol–water partition coefficient (Wildman–Crippen LogP) is 2.31. The van der Waals surface area contributed by atoms with Crippen LogP contribution in [0.15, 0.2) is 0 Å². The molecule has 2 nitrogen and oxygen atoms in total. The van der Waals surface area contributed by atoms with E-state index in [1.807, 2.05) is 11.8 Å². The highest BCUT2D eigenvalue weighted by atomic mass is 32.2. The first kappa shape index (κ1) is 15.3. The van der Waals surface area contributed by atoms with E-state index in [9.17, 15) is 0 Å². The number of nitrogens with one attached hydrogen (secondary N) is 1. The number of rotatable bonds is 9. The van der Waals surface area contributed by atoms with Gasteiger partial charge in [0.1, 0.15) is 0 Å². The predicted molar refractivity (Wildman–Crippen MR) is 72.8 cm³/mol.